The van der Waals surface area contributed by atoms with Crippen LogP contribution in [0.5, 0.6) is 0 Å². The van der Waals surface area contributed by atoms with Gasteiger partial charge in [0.1, 0.15) is 0 Å². The van der Waals surface area contributed by atoms with Crippen molar-refractivity contribution in [2.24, 2.45) is 0 Å². The third-order valence-electron chi connectivity index (χ3n) is 6.72. The average molecular weight is 602 g/mol. The van der Waals surface area contributed by atoms with Crippen LogP contribution in [0.15, 0.2) is 115 Å². The molecule has 0 aliphatic carbocycles. The molecule has 0 fully saturated rings. The molecular weight excluding hydrogens is 564 g/mol. The van der Waals surface area contributed by atoms with Crippen molar-refractivity contribution in [1.82, 2.24) is 0 Å². The van der Waals surface area contributed by atoms with Crippen LogP contribution < -0.4 is 0 Å². The van der Waals surface area contributed by atoms with Gasteiger partial charge in [0.15, 0.2) is 0 Å². The van der Waals surface area contributed by atoms with Crippen molar-refractivity contribution >= 4 is 28.4 Å². The molecule has 2 radical (unpaired) electrons. The molecule has 198 valence electrons. The normalized spacial score (nSPS) is 10.1. The summed E-state index contributed by atoms with van der Waals surface area (Å²) in [6.07, 6.45) is 0. The Morgan fingerprint density at radius 2 is 1.15 bits per heavy atom. The van der Waals surface area contributed by atoms with E-state index in [9.17, 15) is 0 Å². The molecule has 6 rings (SSSR count). The van der Waals surface area contributed by atoms with Crippen molar-refractivity contribution in [3.8, 4) is 22.3 Å². The van der Waals surface area contributed by atoms with Gasteiger partial charge in [-0.15, -0.1) is 63.0 Å². The van der Waals surface area contributed by atoms with E-state index in [1.54, 1.807) is 0 Å². The minimum atomic E-state index is 0. The Hall–Kier alpha value is -2.80. The first-order valence-electron chi connectivity index (χ1n) is 12.7. The maximum atomic E-state index is 3.06. The van der Waals surface area contributed by atoms with E-state index in [0.29, 0.717) is 5.92 Å². The van der Waals surface area contributed by atoms with Gasteiger partial charge in [0, 0.05) is 0 Å². The molecule has 0 amide bonds. The third-order valence-corrected chi connectivity index (χ3v) is 6.72. The van der Waals surface area contributed by atoms with Crippen molar-refractivity contribution in [3.05, 3.63) is 147 Å². The summed E-state index contributed by atoms with van der Waals surface area (Å²) in [5.74, 6) is 0.584. The summed E-state index contributed by atoms with van der Waals surface area (Å²) in [6.45, 7) is 11.9. The van der Waals surface area contributed by atoms with E-state index in [4.69, 9.17) is 0 Å². The summed E-state index contributed by atoms with van der Waals surface area (Å²) in [4.78, 5) is 0. The van der Waals surface area contributed by atoms with Gasteiger partial charge in [0.2, 0.25) is 0 Å². The average Bonchev–Trinajstić information content (AvgIpc) is 3.54. The fourth-order valence-corrected chi connectivity index (χ4v) is 4.94. The fourth-order valence-electron chi connectivity index (χ4n) is 4.94. The molecular formula is C37H38SiZr-4. The Morgan fingerprint density at radius 3 is 1.74 bits per heavy atom. The number of benzene rings is 4. The van der Waals surface area contributed by atoms with E-state index in [-0.39, 0.29) is 14.9 Å². The fraction of sp³-hybridized carbons (Fsp3) is 0.135. The van der Waals surface area contributed by atoms with Crippen LogP contribution in [0.1, 0.15) is 36.5 Å². The Balaban J connectivity index is 0.000000246. The molecule has 0 N–H and O–H groups in total. The molecule has 0 atom stereocenters. The van der Waals surface area contributed by atoms with Gasteiger partial charge < -0.3 is 14.9 Å². The van der Waals surface area contributed by atoms with Crippen molar-refractivity contribution in [2.45, 2.75) is 33.6 Å². The second-order valence-electron chi connectivity index (χ2n) is 9.83. The van der Waals surface area contributed by atoms with Crippen LogP contribution >= 0.6 is 0 Å². The number of hydrogen-bond acceptors (Lipinski definition) is 0. The Labute approximate surface area is 253 Å². The zero-order valence-electron chi connectivity index (χ0n) is 24.0. The topological polar surface area (TPSA) is 0 Å². The number of rotatable bonds is 3. The third kappa shape index (κ3) is 7.65. The molecule has 0 aromatic heterocycles. The Morgan fingerprint density at radius 1 is 0.590 bits per heavy atom. The molecule has 0 aliphatic heterocycles. The molecule has 6 aromatic carbocycles. The predicted octanol–water partition coefficient (Wildman–Crippen LogP) is 10.7. The monoisotopic (exact) mass is 600 g/mol. The number of fused-ring (bicyclic) bond motifs is 2. The maximum absolute atomic E-state index is 3.06. The standard InChI is InChI=1S/C18H17.C17H15.2CH3.Si.Zr/c1-13(2)16-11-15-9-6-10-17(18(15)12-16)14-7-4-3-5-8-14;1-12-8-15-9-13(2)11-17(15)16(10-12)14-6-4-3-5-7-14;;;;/h3-13H,1-2H3;3-11H,1-2H3;2*1H3;;/q4*-1;;. The number of hydrogen-bond donors (Lipinski definition) is 0. The van der Waals surface area contributed by atoms with Crippen molar-refractivity contribution in [2.75, 3.05) is 0 Å². The molecule has 39 heavy (non-hydrogen) atoms. The molecule has 0 spiro atoms. The molecule has 0 saturated heterocycles. The van der Waals surface area contributed by atoms with Gasteiger partial charge in [0.05, 0.1) is 0 Å². The molecule has 2 heteroatoms. The molecule has 0 nitrogen and oxygen atoms in total. The van der Waals surface area contributed by atoms with Gasteiger partial charge >= 0.3 is 30.2 Å². The Bertz CT molecular complexity index is 1590. The second kappa shape index (κ2) is 15.1. The van der Waals surface area contributed by atoms with E-state index in [2.05, 4.69) is 150 Å². The molecule has 0 saturated carbocycles. The van der Waals surface area contributed by atoms with Crippen LogP contribution in [-0.2, 0) is 23.3 Å². The molecule has 0 aliphatic rings. The Kier molecular flexibility index (Phi) is 12.6. The van der Waals surface area contributed by atoms with Crippen LogP contribution in [0, 0.1) is 28.7 Å². The minimum absolute atomic E-state index is 0. The summed E-state index contributed by atoms with van der Waals surface area (Å²) >= 11 is 1.36. The van der Waals surface area contributed by atoms with Gasteiger partial charge in [0.25, 0.3) is 0 Å². The van der Waals surface area contributed by atoms with E-state index in [0.717, 1.165) is 0 Å². The summed E-state index contributed by atoms with van der Waals surface area (Å²) in [5.41, 5.74) is 9.35. The molecule has 0 unspecified atom stereocenters. The zero-order chi connectivity index (χ0) is 26.4. The van der Waals surface area contributed by atoms with Crippen molar-refractivity contribution in [3.63, 3.8) is 0 Å². The first-order chi connectivity index (χ1) is 18.0. The van der Waals surface area contributed by atoms with E-state index >= 15 is 0 Å². The van der Waals surface area contributed by atoms with E-state index in [1.165, 1.54) is 83.8 Å². The van der Waals surface area contributed by atoms with Gasteiger partial charge in [-0.1, -0.05) is 110 Å². The number of aryl methyl sites for hydroxylation is 2. The van der Waals surface area contributed by atoms with Crippen LogP contribution in [0.2, 0.25) is 0 Å². The van der Waals surface area contributed by atoms with E-state index in [1.807, 2.05) is 0 Å². The van der Waals surface area contributed by atoms with E-state index < -0.39 is 0 Å². The summed E-state index contributed by atoms with van der Waals surface area (Å²) in [5, 5.41) is 5.42. The summed E-state index contributed by atoms with van der Waals surface area (Å²) in [7, 11) is 0. The summed E-state index contributed by atoms with van der Waals surface area (Å²) in [6, 6.07) is 41.5. The predicted molar refractivity (Wildman–Crippen MR) is 172 cm³/mol. The molecule has 0 heterocycles. The van der Waals surface area contributed by atoms with Crippen LogP contribution in [0.4, 0.5) is 0 Å². The second-order valence-corrected chi connectivity index (χ2v) is 9.83. The van der Waals surface area contributed by atoms with Gasteiger partial charge in [-0.25, -0.2) is 0 Å². The van der Waals surface area contributed by atoms with Gasteiger partial charge in [-0.2, -0.15) is 12.1 Å². The quantitative estimate of drug-likeness (QED) is 0.140. The van der Waals surface area contributed by atoms with Gasteiger partial charge in [-0.3, -0.25) is 0 Å². The van der Waals surface area contributed by atoms with Crippen molar-refractivity contribution < 1.29 is 23.3 Å². The van der Waals surface area contributed by atoms with Crippen LogP contribution in [0.25, 0.3) is 43.8 Å². The SMILES string of the molecule is CC(C)c1cc2c(-c3ccccc3)cccc2[cH-]1.Cc1cc(-c2ccccc2)c2cc(C)[cH-]c2c1.[CH3-].[CH3-].[Si]=[Zr]. The van der Waals surface area contributed by atoms with Crippen molar-refractivity contribution in [1.29, 1.82) is 0 Å². The molecule has 6 aromatic rings. The van der Waals surface area contributed by atoms with Gasteiger partial charge in [-0.05, 0) is 24.0 Å². The van der Waals surface area contributed by atoms with Crippen LogP contribution in [-0.4, -0.2) is 6.88 Å². The molecule has 0 bridgehead atoms. The zero-order valence-corrected chi connectivity index (χ0v) is 27.5. The first-order valence-corrected chi connectivity index (χ1v) is 16.9. The first kappa shape index (κ1) is 32.4. The van der Waals surface area contributed by atoms with Crippen LogP contribution in [0.3, 0.4) is 0 Å². The summed E-state index contributed by atoms with van der Waals surface area (Å²) < 4.78 is 0.